The van der Waals surface area contributed by atoms with Crippen LogP contribution in [-0.4, -0.2) is 12.0 Å². The van der Waals surface area contributed by atoms with Crippen molar-refractivity contribution in [2.24, 2.45) is 0 Å². The summed E-state index contributed by atoms with van der Waals surface area (Å²) in [4.78, 5) is 4.45. The van der Waals surface area contributed by atoms with Crippen molar-refractivity contribution in [3.05, 3.63) is 76.4 Å². The molecule has 3 aromatic rings. The van der Waals surface area contributed by atoms with E-state index in [4.69, 9.17) is 0 Å². The number of hydrogen-bond donors (Lipinski definition) is 1. The van der Waals surface area contributed by atoms with E-state index >= 15 is 0 Å². The molecule has 0 aliphatic rings. The van der Waals surface area contributed by atoms with Crippen LogP contribution in [0.15, 0.2) is 65.3 Å². The van der Waals surface area contributed by atoms with E-state index in [0.29, 0.717) is 0 Å². The molecule has 0 bridgehead atoms. The summed E-state index contributed by atoms with van der Waals surface area (Å²) in [6.07, 6.45) is 2.78. The van der Waals surface area contributed by atoms with Crippen LogP contribution < -0.4 is 5.32 Å². The van der Waals surface area contributed by atoms with E-state index in [0.717, 1.165) is 16.4 Å². The molecule has 0 fully saturated rings. The number of hydrogen-bond acceptors (Lipinski definition) is 2. The summed E-state index contributed by atoms with van der Waals surface area (Å²) < 4.78 is 1.16. The van der Waals surface area contributed by atoms with Gasteiger partial charge < -0.3 is 5.32 Å². The maximum Gasteiger partial charge on any atom is 0.0705 e. The van der Waals surface area contributed by atoms with Gasteiger partial charge in [-0.1, -0.05) is 52.3 Å². The van der Waals surface area contributed by atoms with Gasteiger partial charge >= 0.3 is 0 Å². The predicted octanol–water partition coefficient (Wildman–Crippen LogP) is 4.50. The zero-order chi connectivity index (χ0) is 14.7. The van der Waals surface area contributed by atoms with Gasteiger partial charge in [0.05, 0.1) is 5.52 Å². The number of aromatic nitrogens is 1. The van der Waals surface area contributed by atoms with Crippen molar-refractivity contribution < 1.29 is 0 Å². The third-order valence-electron chi connectivity index (χ3n) is 3.76. The maximum absolute atomic E-state index is 4.45. The Morgan fingerprint density at radius 2 is 1.95 bits per heavy atom. The fraction of sp³-hybridized carbons (Fsp3) is 0.167. The van der Waals surface area contributed by atoms with Gasteiger partial charge in [-0.25, -0.2) is 0 Å². The van der Waals surface area contributed by atoms with Gasteiger partial charge in [0.2, 0.25) is 0 Å². The van der Waals surface area contributed by atoms with Crippen molar-refractivity contribution in [1.29, 1.82) is 0 Å². The highest BCUT2D eigenvalue weighted by Crippen LogP contribution is 2.25. The number of rotatable bonds is 4. The van der Waals surface area contributed by atoms with Gasteiger partial charge in [0.1, 0.15) is 0 Å². The summed E-state index contributed by atoms with van der Waals surface area (Å²) in [7, 11) is 2.00. The monoisotopic (exact) mass is 340 g/mol. The smallest absolute Gasteiger partial charge is 0.0705 e. The van der Waals surface area contributed by atoms with Gasteiger partial charge in [-0.05, 0) is 42.8 Å². The second-order valence-corrected chi connectivity index (χ2v) is 5.95. The lowest BCUT2D eigenvalue weighted by Crippen LogP contribution is -2.19. The fourth-order valence-electron chi connectivity index (χ4n) is 2.57. The Kier molecular flexibility index (Phi) is 4.32. The molecule has 0 aliphatic heterocycles. The second-order valence-electron chi connectivity index (χ2n) is 5.09. The lowest BCUT2D eigenvalue weighted by Gasteiger charge is -2.18. The first-order chi connectivity index (χ1) is 10.3. The predicted molar refractivity (Wildman–Crippen MR) is 91.4 cm³/mol. The van der Waals surface area contributed by atoms with Gasteiger partial charge in [0, 0.05) is 22.1 Å². The van der Waals surface area contributed by atoms with Crippen LogP contribution in [-0.2, 0) is 6.42 Å². The summed E-state index contributed by atoms with van der Waals surface area (Å²) in [5.41, 5.74) is 3.61. The van der Waals surface area contributed by atoms with Gasteiger partial charge in [-0.2, -0.15) is 0 Å². The number of benzene rings is 2. The molecule has 1 heterocycles. The first-order valence-electron chi connectivity index (χ1n) is 7.03. The molecule has 1 N–H and O–H groups in total. The van der Waals surface area contributed by atoms with E-state index in [1.807, 2.05) is 25.4 Å². The fourth-order valence-corrected chi connectivity index (χ4v) is 3.02. The zero-order valence-corrected chi connectivity index (χ0v) is 13.5. The Hall–Kier alpha value is -1.71. The Balaban J connectivity index is 1.93. The van der Waals surface area contributed by atoms with Gasteiger partial charge in [0.15, 0.2) is 0 Å². The molecule has 2 aromatic carbocycles. The van der Waals surface area contributed by atoms with Gasteiger partial charge in [-0.3, -0.25) is 4.98 Å². The van der Waals surface area contributed by atoms with E-state index < -0.39 is 0 Å². The Labute approximate surface area is 133 Å². The largest absolute Gasteiger partial charge is 0.313 e. The number of halogens is 1. The van der Waals surface area contributed by atoms with Crippen molar-refractivity contribution in [3.63, 3.8) is 0 Å². The van der Waals surface area contributed by atoms with Crippen molar-refractivity contribution in [2.75, 3.05) is 7.05 Å². The molecule has 0 amide bonds. The van der Waals surface area contributed by atoms with Crippen LogP contribution in [0.4, 0.5) is 0 Å². The normalized spacial score (nSPS) is 12.5. The Morgan fingerprint density at radius 3 is 2.76 bits per heavy atom. The lowest BCUT2D eigenvalue weighted by atomic mass is 9.98. The van der Waals surface area contributed by atoms with Crippen molar-refractivity contribution in [3.8, 4) is 0 Å². The summed E-state index contributed by atoms with van der Waals surface area (Å²) in [6, 6.07) is 19.2. The van der Waals surface area contributed by atoms with E-state index in [9.17, 15) is 0 Å². The Morgan fingerprint density at radius 1 is 1.10 bits per heavy atom. The van der Waals surface area contributed by atoms with Crippen molar-refractivity contribution >= 4 is 26.8 Å². The quantitative estimate of drug-likeness (QED) is 0.756. The maximum atomic E-state index is 4.45. The minimum absolute atomic E-state index is 0.273. The highest BCUT2D eigenvalue weighted by molar-refractivity contribution is 9.10. The SMILES string of the molecule is CNC(Cc1ccccc1Br)c1ccc2cccnc2c1. The lowest BCUT2D eigenvalue weighted by molar-refractivity contribution is 0.591. The van der Waals surface area contributed by atoms with E-state index in [-0.39, 0.29) is 6.04 Å². The molecule has 0 spiro atoms. The van der Waals surface area contributed by atoms with E-state index in [1.165, 1.54) is 16.5 Å². The third kappa shape index (κ3) is 3.14. The summed E-state index contributed by atoms with van der Waals surface area (Å²) in [5.74, 6) is 0. The number of nitrogens with one attached hydrogen (secondary N) is 1. The van der Waals surface area contributed by atoms with Crippen LogP contribution >= 0.6 is 15.9 Å². The molecule has 21 heavy (non-hydrogen) atoms. The topological polar surface area (TPSA) is 24.9 Å². The molecule has 0 aliphatic carbocycles. The summed E-state index contributed by atoms with van der Waals surface area (Å²) >= 11 is 3.63. The highest BCUT2D eigenvalue weighted by Gasteiger charge is 2.12. The molecule has 0 radical (unpaired) electrons. The van der Waals surface area contributed by atoms with Crippen LogP contribution in [0.3, 0.4) is 0 Å². The van der Waals surface area contributed by atoms with Crippen LogP contribution in [0.1, 0.15) is 17.2 Å². The molecule has 2 nitrogen and oxygen atoms in total. The van der Waals surface area contributed by atoms with Crippen LogP contribution in [0.5, 0.6) is 0 Å². The molecule has 1 atom stereocenters. The molecule has 0 saturated heterocycles. The average Bonchev–Trinajstić information content (AvgIpc) is 2.54. The summed E-state index contributed by atoms with van der Waals surface area (Å²) in [5, 5.41) is 4.59. The standard InChI is InChI=1S/C18H17BrN2/c1-20-17(11-14-5-2-3-7-16(14)19)15-9-8-13-6-4-10-21-18(13)12-15/h2-10,12,17,20H,11H2,1H3. The minimum Gasteiger partial charge on any atom is -0.313 e. The molecule has 1 aromatic heterocycles. The van der Waals surface area contributed by atoms with E-state index in [1.54, 1.807) is 0 Å². The summed E-state index contributed by atoms with van der Waals surface area (Å²) in [6.45, 7) is 0. The first kappa shape index (κ1) is 14.2. The van der Waals surface area contributed by atoms with Crippen LogP contribution in [0, 0.1) is 0 Å². The third-order valence-corrected chi connectivity index (χ3v) is 4.54. The number of fused-ring (bicyclic) bond motifs is 1. The molecular formula is C18H17BrN2. The first-order valence-corrected chi connectivity index (χ1v) is 7.82. The minimum atomic E-state index is 0.273. The molecule has 1 unspecified atom stereocenters. The highest BCUT2D eigenvalue weighted by atomic mass is 79.9. The molecule has 106 valence electrons. The molecule has 3 rings (SSSR count). The van der Waals surface area contributed by atoms with Crippen molar-refractivity contribution in [1.82, 2.24) is 10.3 Å². The van der Waals surface area contributed by atoms with Gasteiger partial charge in [0.25, 0.3) is 0 Å². The molecular weight excluding hydrogens is 324 g/mol. The van der Waals surface area contributed by atoms with Crippen molar-refractivity contribution in [2.45, 2.75) is 12.5 Å². The Bertz CT molecular complexity index is 755. The molecule has 3 heteroatoms. The number of likely N-dealkylation sites (N-methyl/N-ethyl adjacent to an activating group) is 1. The zero-order valence-electron chi connectivity index (χ0n) is 11.9. The van der Waals surface area contributed by atoms with Crippen LogP contribution in [0.25, 0.3) is 10.9 Å². The van der Waals surface area contributed by atoms with Crippen LogP contribution in [0.2, 0.25) is 0 Å². The molecule has 0 saturated carbocycles. The second kappa shape index (κ2) is 6.37. The van der Waals surface area contributed by atoms with E-state index in [2.05, 4.69) is 68.7 Å². The number of nitrogens with zero attached hydrogens (tertiary/aromatic N) is 1. The number of pyridine rings is 1. The average molecular weight is 341 g/mol. The van der Waals surface area contributed by atoms with Gasteiger partial charge in [-0.15, -0.1) is 0 Å².